The van der Waals surface area contributed by atoms with Gasteiger partial charge in [0, 0.05) is 24.1 Å². The second-order valence-corrected chi connectivity index (χ2v) is 8.70. The number of piperidine rings is 1. The first-order valence-electron chi connectivity index (χ1n) is 11.0. The molecule has 194 valence electrons. The van der Waals surface area contributed by atoms with Crippen molar-refractivity contribution < 1.29 is 37.5 Å². The number of alkyl halides is 3. The number of hydrogen-bond acceptors (Lipinski definition) is 7. The Morgan fingerprint density at radius 1 is 1.27 bits per heavy atom. The van der Waals surface area contributed by atoms with Crippen LogP contribution in [-0.4, -0.2) is 50.9 Å². The molecule has 1 saturated heterocycles. The Morgan fingerprint density at radius 2 is 1.92 bits per heavy atom. The number of nitriles is 1. The van der Waals surface area contributed by atoms with Crippen molar-refractivity contribution in [2.24, 2.45) is 0 Å². The number of carbonyl (C=O) groups excluding carboxylic acids is 3. The molecule has 10 nitrogen and oxygen atoms in total. The highest BCUT2D eigenvalue weighted by Crippen LogP contribution is 2.33. The standard InChI is InChI=1S/C22H21N5O3.C2HF3O2/c1-11(2)15-8-17(25-20(24)16(15)9-23)12-3-4-14-13(7-12)10-27(22(14)30)18-5-6-19(28)26-21(18)29;3-2(4,5)1(6)7/h3-4,7-8,11,18H,5-6,10H2,1-2H3,(H2,24,25)(H,26,28,29);(H,6,7). The van der Waals surface area contributed by atoms with Crippen LogP contribution in [0, 0.1) is 11.3 Å². The molecule has 1 aromatic carbocycles. The van der Waals surface area contributed by atoms with Crippen LogP contribution in [0.5, 0.6) is 0 Å². The Kier molecular flexibility index (Phi) is 7.52. The Bertz CT molecular complexity index is 1330. The number of carboxylic acids is 1. The fourth-order valence-electron chi connectivity index (χ4n) is 4.04. The van der Waals surface area contributed by atoms with Gasteiger partial charge >= 0.3 is 12.1 Å². The lowest BCUT2D eigenvalue weighted by Gasteiger charge is -2.29. The summed E-state index contributed by atoms with van der Waals surface area (Å²) in [4.78, 5) is 51.2. The Labute approximate surface area is 208 Å². The van der Waals surface area contributed by atoms with Crippen molar-refractivity contribution in [2.75, 3.05) is 5.73 Å². The Balaban J connectivity index is 0.000000479. The van der Waals surface area contributed by atoms with E-state index >= 15 is 0 Å². The van der Waals surface area contributed by atoms with E-state index in [0.717, 1.165) is 16.7 Å². The summed E-state index contributed by atoms with van der Waals surface area (Å²) in [7, 11) is 0. The molecule has 1 aromatic heterocycles. The highest BCUT2D eigenvalue weighted by atomic mass is 19.4. The number of fused-ring (bicyclic) bond motifs is 1. The van der Waals surface area contributed by atoms with Crippen molar-refractivity contribution in [3.8, 4) is 17.3 Å². The molecule has 2 aliphatic rings. The maximum Gasteiger partial charge on any atom is 0.490 e. The summed E-state index contributed by atoms with van der Waals surface area (Å²) >= 11 is 0. The van der Waals surface area contributed by atoms with Crippen LogP contribution in [0.1, 0.15) is 59.7 Å². The van der Waals surface area contributed by atoms with Crippen LogP contribution < -0.4 is 11.1 Å². The molecular formula is C24H22F3N5O5. The second-order valence-electron chi connectivity index (χ2n) is 8.70. The van der Waals surface area contributed by atoms with E-state index in [9.17, 15) is 32.8 Å². The molecule has 37 heavy (non-hydrogen) atoms. The van der Waals surface area contributed by atoms with Gasteiger partial charge < -0.3 is 15.7 Å². The maximum absolute atomic E-state index is 12.8. The topological polar surface area (TPSA) is 166 Å². The molecule has 3 amide bonds. The van der Waals surface area contributed by atoms with E-state index < -0.39 is 24.1 Å². The molecule has 0 aliphatic carbocycles. The number of nitrogens with two attached hydrogens (primary N) is 1. The molecule has 13 heteroatoms. The molecule has 4 rings (SSSR count). The van der Waals surface area contributed by atoms with Crippen LogP contribution >= 0.6 is 0 Å². The fourth-order valence-corrected chi connectivity index (χ4v) is 4.04. The van der Waals surface area contributed by atoms with Gasteiger partial charge in [-0.05, 0) is 41.7 Å². The van der Waals surface area contributed by atoms with Crippen LogP contribution in [0.3, 0.4) is 0 Å². The Hall–Kier alpha value is -4.47. The molecule has 0 radical (unpaired) electrons. The van der Waals surface area contributed by atoms with E-state index in [-0.39, 0.29) is 36.5 Å². The average molecular weight is 517 g/mol. The number of anilines is 1. The number of rotatable bonds is 3. The van der Waals surface area contributed by atoms with Crippen LogP contribution in [-0.2, 0) is 20.9 Å². The zero-order valence-corrected chi connectivity index (χ0v) is 19.7. The fraction of sp³-hybridized carbons (Fsp3) is 0.333. The number of halogens is 3. The average Bonchev–Trinajstić information content (AvgIpc) is 3.13. The van der Waals surface area contributed by atoms with Crippen LogP contribution in [0.4, 0.5) is 19.0 Å². The van der Waals surface area contributed by atoms with Crippen LogP contribution in [0.25, 0.3) is 11.3 Å². The number of pyridine rings is 1. The summed E-state index contributed by atoms with van der Waals surface area (Å²) < 4.78 is 31.7. The minimum atomic E-state index is -5.08. The van der Waals surface area contributed by atoms with E-state index in [1.165, 1.54) is 4.90 Å². The summed E-state index contributed by atoms with van der Waals surface area (Å²) in [5.74, 6) is -3.44. The first-order chi connectivity index (χ1) is 17.2. The first kappa shape index (κ1) is 27.1. The number of aliphatic carboxylic acids is 1. The summed E-state index contributed by atoms with van der Waals surface area (Å²) in [6.45, 7) is 4.26. The number of nitrogens with zero attached hydrogens (tertiary/aromatic N) is 3. The molecule has 1 atom stereocenters. The molecule has 3 heterocycles. The smallest absolute Gasteiger partial charge is 0.475 e. The largest absolute Gasteiger partial charge is 0.490 e. The summed E-state index contributed by atoms with van der Waals surface area (Å²) in [6.07, 6.45) is -4.54. The van der Waals surface area contributed by atoms with Gasteiger partial charge in [0.05, 0.1) is 11.3 Å². The molecule has 2 aromatic rings. The number of carbonyl (C=O) groups is 4. The van der Waals surface area contributed by atoms with Gasteiger partial charge in [0.1, 0.15) is 17.9 Å². The summed E-state index contributed by atoms with van der Waals surface area (Å²) in [5, 5.41) is 18.8. The zero-order valence-electron chi connectivity index (χ0n) is 19.7. The van der Waals surface area contributed by atoms with Crippen LogP contribution in [0.15, 0.2) is 24.3 Å². The highest BCUT2D eigenvalue weighted by Gasteiger charge is 2.39. The first-order valence-corrected chi connectivity index (χ1v) is 11.0. The third-order valence-electron chi connectivity index (χ3n) is 5.87. The van der Waals surface area contributed by atoms with E-state index in [1.807, 2.05) is 26.0 Å². The van der Waals surface area contributed by atoms with Gasteiger partial charge in [-0.15, -0.1) is 0 Å². The zero-order chi connectivity index (χ0) is 27.7. The Morgan fingerprint density at radius 3 is 2.46 bits per heavy atom. The highest BCUT2D eigenvalue weighted by molar-refractivity contribution is 6.05. The number of aromatic nitrogens is 1. The van der Waals surface area contributed by atoms with Crippen molar-refractivity contribution >= 4 is 29.5 Å². The normalized spacial score (nSPS) is 17.1. The monoisotopic (exact) mass is 517 g/mol. The van der Waals surface area contributed by atoms with Crippen molar-refractivity contribution in [3.63, 3.8) is 0 Å². The van der Waals surface area contributed by atoms with E-state index in [1.54, 1.807) is 12.1 Å². The predicted molar refractivity (Wildman–Crippen MR) is 123 cm³/mol. The number of nitrogen functional groups attached to an aromatic ring is 1. The van der Waals surface area contributed by atoms with Crippen molar-refractivity contribution in [1.29, 1.82) is 5.26 Å². The number of nitrogens with one attached hydrogen (secondary N) is 1. The molecule has 2 aliphatic heterocycles. The van der Waals surface area contributed by atoms with Crippen molar-refractivity contribution in [3.05, 3.63) is 46.5 Å². The van der Waals surface area contributed by atoms with Gasteiger partial charge in [-0.3, -0.25) is 19.7 Å². The van der Waals surface area contributed by atoms with E-state index in [4.69, 9.17) is 15.6 Å². The van der Waals surface area contributed by atoms with Gasteiger partial charge in [-0.1, -0.05) is 19.9 Å². The quantitative estimate of drug-likeness (QED) is 0.523. The molecule has 0 saturated carbocycles. The predicted octanol–water partition coefficient (Wildman–Crippen LogP) is 2.72. The van der Waals surface area contributed by atoms with E-state index in [2.05, 4.69) is 16.4 Å². The second kappa shape index (κ2) is 10.3. The lowest BCUT2D eigenvalue weighted by molar-refractivity contribution is -0.192. The SMILES string of the molecule is CC(C)c1cc(-c2ccc3c(c2)CN(C2CCC(=O)NC2=O)C3=O)nc(N)c1C#N.O=C(O)C(F)(F)F. The molecule has 0 bridgehead atoms. The lowest BCUT2D eigenvalue weighted by Crippen LogP contribution is -2.52. The van der Waals surface area contributed by atoms with Crippen molar-refractivity contribution in [2.45, 2.75) is 51.4 Å². The van der Waals surface area contributed by atoms with Gasteiger partial charge in [0.2, 0.25) is 11.8 Å². The summed E-state index contributed by atoms with van der Waals surface area (Å²) in [6, 6.07) is 8.72. The molecule has 0 spiro atoms. The van der Waals surface area contributed by atoms with Gasteiger partial charge in [0.25, 0.3) is 5.91 Å². The van der Waals surface area contributed by atoms with Gasteiger partial charge in [-0.25, -0.2) is 9.78 Å². The number of benzene rings is 1. The lowest BCUT2D eigenvalue weighted by atomic mass is 9.95. The van der Waals surface area contributed by atoms with Gasteiger partial charge in [0.15, 0.2) is 0 Å². The molecule has 1 fully saturated rings. The van der Waals surface area contributed by atoms with Crippen molar-refractivity contribution in [1.82, 2.24) is 15.2 Å². The minimum absolute atomic E-state index is 0.0997. The summed E-state index contributed by atoms with van der Waals surface area (Å²) in [5.41, 5.74) is 9.96. The van der Waals surface area contributed by atoms with Gasteiger partial charge in [-0.2, -0.15) is 18.4 Å². The van der Waals surface area contributed by atoms with E-state index in [0.29, 0.717) is 23.2 Å². The molecule has 1 unspecified atom stereocenters. The van der Waals surface area contributed by atoms with Crippen LogP contribution in [0.2, 0.25) is 0 Å². The maximum atomic E-state index is 12.8. The number of imide groups is 1. The number of carboxylic acid groups (broad SMARTS) is 1. The number of hydrogen-bond donors (Lipinski definition) is 3. The number of amides is 3. The minimum Gasteiger partial charge on any atom is -0.475 e. The third-order valence-corrected chi connectivity index (χ3v) is 5.87. The molecular weight excluding hydrogens is 495 g/mol. The third kappa shape index (κ3) is 5.69. The molecule has 4 N–H and O–H groups in total.